The van der Waals surface area contributed by atoms with E-state index in [2.05, 4.69) is 0 Å². The van der Waals surface area contributed by atoms with Gasteiger partial charge in [-0.05, 0) is 12.8 Å². The maximum Gasteiger partial charge on any atom is 0.341 e. The highest BCUT2D eigenvalue weighted by atomic mass is 16.5. The molecule has 1 aliphatic rings. The van der Waals surface area contributed by atoms with Gasteiger partial charge in [0.2, 0.25) is 0 Å². The first kappa shape index (κ1) is 9.28. The largest absolute Gasteiger partial charge is 0.383 e. The first-order chi connectivity index (χ1) is 5.79. The van der Waals surface area contributed by atoms with Crippen molar-refractivity contribution >= 4 is 6.03 Å². The van der Waals surface area contributed by atoms with Gasteiger partial charge < -0.3 is 9.64 Å². The maximum absolute atomic E-state index is 11.0. The highest BCUT2D eigenvalue weighted by Crippen LogP contribution is 2.16. The van der Waals surface area contributed by atoms with Crippen molar-refractivity contribution in [3.63, 3.8) is 0 Å². The van der Waals surface area contributed by atoms with Crippen LogP contribution in [0, 0.1) is 0 Å². The van der Waals surface area contributed by atoms with E-state index >= 15 is 0 Å². The Kier molecular flexibility index (Phi) is 3.31. The highest BCUT2D eigenvalue weighted by molar-refractivity contribution is 5.73. The molecule has 1 rings (SSSR count). The molecule has 1 aliphatic heterocycles. The quantitative estimate of drug-likeness (QED) is 0.464. The second-order valence-corrected chi connectivity index (χ2v) is 2.86. The number of carbonyl (C=O) groups is 1. The summed E-state index contributed by atoms with van der Waals surface area (Å²) < 4.78 is 4.95. The van der Waals surface area contributed by atoms with Gasteiger partial charge in [0.25, 0.3) is 0 Å². The number of rotatable bonds is 2. The van der Waals surface area contributed by atoms with Crippen molar-refractivity contribution in [2.24, 2.45) is 0 Å². The van der Waals surface area contributed by atoms with Crippen LogP contribution in [0.3, 0.4) is 0 Å². The zero-order valence-corrected chi connectivity index (χ0v) is 7.12. The average molecular weight is 174 g/mol. The predicted octanol–water partition coefficient (Wildman–Crippen LogP) is 0.196. The number of nitrogens with zero attached hydrogens (tertiary/aromatic N) is 1. The molecule has 0 radical (unpaired) electrons. The number of hydrogen-bond donors (Lipinski definition) is 2. The summed E-state index contributed by atoms with van der Waals surface area (Å²) in [5.74, 6) is 0. The summed E-state index contributed by atoms with van der Waals surface area (Å²) in [6.07, 6.45) is 1.92. The van der Waals surface area contributed by atoms with Gasteiger partial charge in [-0.2, -0.15) is 0 Å². The van der Waals surface area contributed by atoms with Gasteiger partial charge in [-0.25, -0.2) is 10.3 Å². The SMILES string of the molecule is COC[C@@H]1CCCN1C(=O)NO. The lowest BCUT2D eigenvalue weighted by Gasteiger charge is -2.22. The van der Waals surface area contributed by atoms with Crippen LogP contribution in [0.4, 0.5) is 4.79 Å². The van der Waals surface area contributed by atoms with Crippen molar-refractivity contribution in [2.45, 2.75) is 18.9 Å². The van der Waals surface area contributed by atoms with Gasteiger partial charge in [-0.15, -0.1) is 0 Å². The minimum Gasteiger partial charge on any atom is -0.383 e. The third kappa shape index (κ3) is 1.86. The fraction of sp³-hybridized carbons (Fsp3) is 0.857. The molecule has 1 saturated heterocycles. The smallest absolute Gasteiger partial charge is 0.341 e. The summed E-state index contributed by atoms with van der Waals surface area (Å²) in [7, 11) is 1.60. The number of amides is 2. The van der Waals surface area contributed by atoms with Gasteiger partial charge >= 0.3 is 6.03 Å². The number of nitrogens with one attached hydrogen (secondary N) is 1. The number of likely N-dealkylation sites (tertiary alicyclic amines) is 1. The van der Waals surface area contributed by atoms with Crippen LogP contribution >= 0.6 is 0 Å². The summed E-state index contributed by atoms with van der Waals surface area (Å²) in [6.45, 7) is 1.23. The van der Waals surface area contributed by atoms with Crippen LogP contribution in [-0.2, 0) is 4.74 Å². The second-order valence-electron chi connectivity index (χ2n) is 2.86. The van der Waals surface area contributed by atoms with Crippen molar-refractivity contribution in [1.29, 1.82) is 0 Å². The van der Waals surface area contributed by atoms with Crippen LogP contribution in [0.5, 0.6) is 0 Å². The Morgan fingerprint density at radius 3 is 3.17 bits per heavy atom. The molecule has 5 nitrogen and oxygen atoms in total. The van der Waals surface area contributed by atoms with Gasteiger partial charge in [0, 0.05) is 13.7 Å². The Bertz CT molecular complexity index is 163. The molecular weight excluding hydrogens is 160 g/mol. The normalized spacial score (nSPS) is 22.8. The fourth-order valence-electron chi connectivity index (χ4n) is 1.53. The Labute approximate surface area is 71.3 Å². The number of hydrogen-bond acceptors (Lipinski definition) is 3. The molecule has 2 amide bonds. The van der Waals surface area contributed by atoms with E-state index in [0.29, 0.717) is 13.2 Å². The van der Waals surface area contributed by atoms with E-state index in [1.165, 1.54) is 0 Å². The molecule has 0 bridgehead atoms. The van der Waals surface area contributed by atoms with Crippen molar-refractivity contribution < 1.29 is 14.7 Å². The molecule has 70 valence electrons. The molecule has 5 heteroatoms. The minimum absolute atomic E-state index is 0.113. The van der Waals surface area contributed by atoms with Crippen molar-refractivity contribution in [1.82, 2.24) is 10.4 Å². The van der Waals surface area contributed by atoms with Gasteiger partial charge in [-0.1, -0.05) is 0 Å². The van der Waals surface area contributed by atoms with Gasteiger partial charge in [0.1, 0.15) is 0 Å². The first-order valence-electron chi connectivity index (χ1n) is 3.99. The zero-order valence-electron chi connectivity index (χ0n) is 7.12. The van der Waals surface area contributed by atoms with Gasteiger partial charge in [0.15, 0.2) is 0 Å². The number of ether oxygens (including phenoxy) is 1. The molecule has 1 fully saturated rings. The molecular formula is C7H14N2O3. The molecule has 12 heavy (non-hydrogen) atoms. The summed E-state index contributed by atoms with van der Waals surface area (Å²) in [5.41, 5.74) is 1.63. The minimum atomic E-state index is -0.436. The molecule has 0 aromatic rings. The Morgan fingerprint density at radius 1 is 1.83 bits per heavy atom. The first-order valence-corrected chi connectivity index (χ1v) is 3.99. The average Bonchev–Trinajstić information content (AvgIpc) is 2.52. The molecule has 1 heterocycles. The zero-order chi connectivity index (χ0) is 8.97. The lowest BCUT2D eigenvalue weighted by atomic mass is 10.2. The van der Waals surface area contributed by atoms with E-state index in [1.54, 1.807) is 17.5 Å². The molecule has 2 N–H and O–H groups in total. The fourth-order valence-corrected chi connectivity index (χ4v) is 1.53. The molecule has 0 spiro atoms. The molecule has 0 saturated carbocycles. The number of hydroxylamine groups is 1. The third-order valence-electron chi connectivity index (χ3n) is 2.09. The number of methoxy groups -OCH3 is 1. The topological polar surface area (TPSA) is 61.8 Å². The Balaban J connectivity index is 2.45. The standard InChI is InChI=1S/C7H14N2O3/c1-12-5-6-3-2-4-9(6)7(10)8-11/h6,11H,2-5H2,1H3,(H,8,10)/t6-/m0/s1. The van der Waals surface area contributed by atoms with Crippen molar-refractivity contribution in [2.75, 3.05) is 20.3 Å². The number of carbonyl (C=O) groups excluding carboxylic acids is 1. The second kappa shape index (κ2) is 4.27. The Hall–Kier alpha value is -0.810. The van der Waals surface area contributed by atoms with Crippen LogP contribution in [0.15, 0.2) is 0 Å². The summed E-state index contributed by atoms with van der Waals surface area (Å²) >= 11 is 0. The summed E-state index contributed by atoms with van der Waals surface area (Å²) in [4.78, 5) is 12.6. The molecule has 0 aromatic carbocycles. The number of urea groups is 1. The lowest BCUT2D eigenvalue weighted by Crippen LogP contribution is -2.43. The van der Waals surface area contributed by atoms with Gasteiger partial charge in [0.05, 0.1) is 12.6 Å². The van der Waals surface area contributed by atoms with E-state index in [1.807, 2.05) is 0 Å². The molecule has 1 atom stereocenters. The third-order valence-corrected chi connectivity index (χ3v) is 2.09. The molecule has 0 aliphatic carbocycles. The van der Waals surface area contributed by atoms with E-state index in [4.69, 9.17) is 9.94 Å². The molecule has 0 unspecified atom stereocenters. The van der Waals surface area contributed by atoms with Crippen molar-refractivity contribution in [3.05, 3.63) is 0 Å². The van der Waals surface area contributed by atoms with Crippen LogP contribution in [0.2, 0.25) is 0 Å². The van der Waals surface area contributed by atoms with Crippen LogP contribution in [0.25, 0.3) is 0 Å². The maximum atomic E-state index is 11.0. The van der Waals surface area contributed by atoms with Crippen LogP contribution in [-0.4, -0.2) is 42.4 Å². The van der Waals surface area contributed by atoms with E-state index in [0.717, 1.165) is 12.8 Å². The van der Waals surface area contributed by atoms with Crippen LogP contribution in [0.1, 0.15) is 12.8 Å². The molecule has 0 aromatic heterocycles. The monoisotopic (exact) mass is 174 g/mol. The van der Waals surface area contributed by atoms with Crippen LogP contribution < -0.4 is 5.48 Å². The van der Waals surface area contributed by atoms with Gasteiger partial charge in [-0.3, -0.25) is 5.21 Å². The summed E-state index contributed by atoms with van der Waals surface area (Å²) in [5, 5.41) is 8.40. The van der Waals surface area contributed by atoms with E-state index in [-0.39, 0.29) is 6.04 Å². The van der Waals surface area contributed by atoms with E-state index in [9.17, 15) is 4.79 Å². The Morgan fingerprint density at radius 2 is 2.58 bits per heavy atom. The van der Waals surface area contributed by atoms with E-state index < -0.39 is 6.03 Å². The highest BCUT2D eigenvalue weighted by Gasteiger charge is 2.28. The van der Waals surface area contributed by atoms with Crippen molar-refractivity contribution in [3.8, 4) is 0 Å². The lowest BCUT2D eigenvalue weighted by molar-refractivity contribution is 0.0966. The summed E-state index contributed by atoms with van der Waals surface area (Å²) in [6, 6.07) is -0.323. The predicted molar refractivity (Wildman–Crippen MR) is 41.9 cm³/mol.